The summed E-state index contributed by atoms with van der Waals surface area (Å²) in [5, 5.41) is 0. The van der Waals surface area contributed by atoms with Gasteiger partial charge in [-0.1, -0.05) is 24.3 Å². The molecule has 0 N–H and O–H groups in total. The van der Waals surface area contributed by atoms with Crippen molar-refractivity contribution in [1.29, 1.82) is 0 Å². The molecule has 0 spiro atoms. The maximum Gasteiger partial charge on any atom is 0.150 e. The lowest BCUT2D eigenvalue weighted by atomic mass is 9.93. The fourth-order valence-electron chi connectivity index (χ4n) is 2.20. The molecule has 1 aliphatic rings. The zero-order valence-electron chi connectivity index (χ0n) is 7.95. The molecule has 1 aliphatic carbocycles. The topological polar surface area (TPSA) is 17.1 Å². The van der Waals surface area contributed by atoms with Crippen molar-refractivity contribution in [3.8, 4) is 0 Å². The number of alkyl halides is 1. The normalized spacial score (nSPS) is 26.4. The van der Waals surface area contributed by atoms with Crippen molar-refractivity contribution in [3.63, 3.8) is 0 Å². The van der Waals surface area contributed by atoms with Crippen molar-refractivity contribution in [2.24, 2.45) is 0 Å². The fourth-order valence-corrected chi connectivity index (χ4v) is 2.20. The molecule has 1 aromatic rings. The second kappa shape index (κ2) is 3.91. The maximum atomic E-state index is 13.0. The Morgan fingerprint density at radius 2 is 2.07 bits per heavy atom. The van der Waals surface area contributed by atoms with Gasteiger partial charge in [0.15, 0.2) is 0 Å². The summed E-state index contributed by atoms with van der Waals surface area (Å²) in [7, 11) is 0. The minimum atomic E-state index is -0.681. The van der Waals surface area contributed by atoms with E-state index in [1.165, 1.54) is 0 Å². The third-order valence-electron chi connectivity index (χ3n) is 2.93. The summed E-state index contributed by atoms with van der Waals surface area (Å²) in [5.74, 6) is 0.242. The second-order valence-electron chi connectivity index (χ2n) is 3.85. The molecule has 0 aliphatic heterocycles. The van der Waals surface area contributed by atoms with Crippen LogP contribution in [0.2, 0.25) is 0 Å². The molecule has 1 nitrogen and oxygen atoms in total. The minimum Gasteiger partial charge on any atom is -0.298 e. The van der Waals surface area contributed by atoms with E-state index >= 15 is 0 Å². The third-order valence-corrected chi connectivity index (χ3v) is 2.93. The molecule has 2 rings (SSSR count). The summed E-state index contributed by atoms with van der Waals surface area (Å²) < 4.78 is 13.0. The first-order chi connectivity index (χ1) is 6.81. The van der Waals surface area contributed by atoms with Crippen molar-refractivity contribution in [3.05, 3.63) is 35.4 Å². The highest BCUT2D eigenvalue weighted by molar-refractivity contribution is 5.77. The number of aldehydes is 1. The van der Waals surface area contributed by atoms with E-state index < -0.39 is 6.17 Å². The van der Waals surface area contributed by atoms with Gasteiger partial charge >= 0.3 is 0 Å². The Hall–Kier alpha value is -1.18. The zero-order chi connectivity index (χ0) is 9.97. The molecule has 0 aromatic heterocycles. The average molecular weight is 192 g/mol. The van der Waals surface area contributed by atoms with Gasteiger partial charge < -0.3 is 0 Å². The molecule has 1 aromatic carbocycles. The van der Waals surface area contributed by atoms with Gasteiger partial charge in [0.2, 0.25) is 0 Å². The van der Waals surface area contributed by atoms with Crippen LogP contribution in [0.1, 0.15) is 41.1 Å². The second-order valence-corrected chi connectivity index (χ2v) is 3.85. The van der Waals surface area contributed by atoms with Crippen LogP contribution in [0.15, 0.2) is 24.3 Å². The van der Waals surface area contributed by atoms with Gasteiger partial charge in [-0.2, -0.15) is 0 Å². The number of hydrogen-bond donors (Lipinski definition) is 0. The van der Waals surface area contributed by atoms with Crippen molar-refractivity contribution < 1.29 is 9.18 Å². The Balaban J connectivity index is 2.27. The quantitative estimate of drug-likeness (QED) is 0.658. The van der Waals surface area contributed by atoms with Crippen LogP contribution < -0.4 is 0 Å². The monoisotopic (exact) mass is 192 g/mol. The predicted octanol–water partition coefficient (Wildman–Crippen LogP) is 3.10. The molecule has 0 radical (unpaired) electrons. The molecule has 2 unspecified atom stereocenters. The Morgan fingerprint density at radius 3 is 2.71 bits per heavy atom. The molecule has 14 heavy (non-hydrogen) atoms. The van der Waals surface area contributed by atoms with Crippen molar-refractivity contribution in [2.45, 2.75) is 31.4 Å². The van der Waals surface area contributed by atoms with Crippen molar-refractivity contribution in [2.75, 3.05) is 0 Å². The summed E-state index contributed by atoms with van der Waals surface area (Å²) in [5.41, 5.74) is 1.73. The lowest BCUT2D eigenvalue weighted by molar-refractivity contribution is 0.112. The van der Waals surface area contributed by atoms with Gasteiger partial charge in [0.25, 0.3) is 0 Å². The highest BCUT2D eigenvalue weighted by Gasteiger charge is 2.26. The van der Waals surface area contributed by atoms with Gasteiger partial charge in [-0.05, 0) is 30.7 Å². The largest absolute Gasteiger partial charge is 0.298 e. The predicted molar refractivity (Wildman–Crippen MR) is 53.3 cm³/mol. The molecule has 0 bridgehead atoms. The van der Waals surface area contributed by atoms with E-state index in [2.05, 4.69) is 0 Å². The van der Waals surface area contributed by atoms with Crippen molar-refractivity contribution >= 4 is 6.29 Å². The first kappa shape index (κ1) is 9.38. The first-order valence-electron chi connectivity index (χ1n) is 4.99. The van der Waals surface area contributed by atoms with E-state index in [0.29, 0.717) is 18.4 Å². The highest BCUT2D eigenvalue weighted by atomic mass is 19.1. The maximum absolute atomic E-state index is 13.0. The van der Waals surface area contributed by atoms with E-state index in [1.807, 2.05) is 18.2 Å². The van der Waals surface area contributed by atoms with E-state index in [0.717, 1.165) is 18.3 Å². The Kier molecular flexibility index (Phi) is 2.62. The van der Waals surface area contributed by atoms with Gasteiger partial charge in [0.1, 0.15) is 12.5 Å². The van der Waals surface area contributed by atoms with Gasteiger partial charge in [0.05, 0.1) is 0 Å². The van der Waals surface area contributed by atoms with E-state index in [-0.39, 0.29) is 5.92 Å². The van der Waals surface area contributed by atoms with Crippen LogP contribution >= 0.6 is 0 Å². The Morgan fingerprint density at radius 1 is 1.29 bits per heavy atom. The van der Waals surface area contributed by atoms with Crippen LogP contribution in [0.3, 0.4) is 0 Å². The SMILES string of the molecule is O=Cc1ccccc1C1CCC(F)C1. The number of rotatable bonds is 2. The molecule has 0 heterocycles. The zero-order valence-corrected chi connectivity index (χ0v) is 7.95. The lowest BCUT2D eigenvalue weighted by Gasteiger charge is -2.11. The molecule has 74 valence electrons. The van der Waals surface area contributed by atoms with E-state index in [4.69, 9.17) is 0 Å². The fraction of sp³-hybridized carbons (Fsp3) is 0.417. The third kappa shape index (κ3) is 1.69. The lowest BCUT2D eigenvalue weighted by Crippen LogP contribution is -1.99. The average Bonchev–Trinajstić information content (AvgIpc) is 2.65. The summed E-state index contributed by atoms with van der Waals surface area (Å²) >= 11 is 0. The summed E-state index contributed by atoms with van der Waals surface area (Å²) in [6, 6.07) is 7.49. The molecule has 1 saturated carbocycles. The molecule has 2 heteroatoms. The molecular formula is C12H13FO. The molecule has 1 fully saturated rings. The summed E-state index contributed by atoms with van der Waals surface area (Å²) in [6.45, 7) is 0. The van der Waals surface area contributed by atoms with Crippen LogP contribution in [0, 0.1) is 0 Å². The van der Waals surface area contributed by atoms with Gasteiger partial charge in [-0.3, -0.25) is 4.79 Å². The highest BCUT2D eigenvalue weighted by Crippen LogP contribution is 2.36. The number of hydrogen-bond acceptors (Lipinski definition) is 1. The summed E-state index contributed by atoms with van der Waals surface area (Å²) in [4.78, 5) is 10.8. The smallest absolute Gasteiger partial charge is 0.150 e. The summed E-state index contributed by atoms with van der Waals surface area (Å²) in [6.07, 6.45) is 2.26. The van der Waals surface area contributed by atoms with E-state index in [1.54, 1.807) is 6.07 Å². The standard InChI is InChI=1S/C12H13FO/c13-11-6-5-9(7-11)12-4-2-1-3-10(12)8-14/h1-4,8-9,11H,5-7H2. The number of carbonyl (C=O) groups excluding carboxylic acids is 1. The van der Waals surface area contributed by atoms with Crippen LogP contribution in [-0.4, -0.2) is 12.5 Å². The first-order valence-corrected chi connectivity index (χ1v) is 4.99. The number of halogens is 1. The number of benzene rings is 1. The van der Waals surface area contributed by atoms with Crippen LogP contribution in [-0.2, 0) is 0 Å². The molecular weight excluding hydrogens is 179 g/mol. The van der Waals surface area contributed by atoms with Crippen LogP contribution in [0.5, 0.6) is 0 Å². The minimum absolute atomic E-state index is 0.242. The van der Waals surface area contributed by atoms with Crippen LogP contribution in [0.4, 0.5) is 4.39 Å². The Labute approximate surface area is 82.9 Å². The molecule has 0 saturated heterocycles. The molecule has 0 amide bonds. The van der Waals surface area contributed by atoms with Crippen LogP contribution in [0.25, 0.3) is 0 Å². The van der Waals surface area contributed by atoms with Gasteiger partial charge in [-0.25, -0.2) is 4.39 Å². The van der Waals surface area contributed by atoms with Gasteiger partial charge in [0, 0.05) is 5.56 Å². The number of carbonyl (C=O) groups is 1. The van der Waals surface area contributed by atoms with Gasteiger partial charge in [-0.15, -0.1) is 0 Å². The van der Waals surface area contributed by atoms with Crippen molar-refractivity contribution in [1.82, 2.24) is 0 Å². The molecule has 2 atom stereocenters. The van der Waals surface area contributed by atoms with E-state index in [9.17, 15) is 9.18 Å². The Bertz CT molecular complexity index is 335.